The molecule has 1 atom stereocenters. The van der Waals surface area contributed by atoms with E-state index in [2.05, 4.69) is 38.1 Å². The van der Waals surface area contributed by atoms with Gasteiger partial charge in [-0.1, -0.05) is 13.8 Å². The van der Waals surface area contributed by atoms with Crippen molar-refractivity contribution in [2.75, 3.05) is 25.0 Å². The smallest absolute Gasteiger partial charge is 0.321 e. The molecule has 0 aliphatic carbocycles. The lowest BCUT2D eigenvalue weighted by Crippen LogP contribution is -2.34. The molecule has 1 aliphatic rings. The van der Waals surface area contributed by atoms with Gasteiger partial charge in [-0.25, -0.2) is 4.79 Å². The topological polar surface area (TPSA) is 59.4 Å². The molecule has 25 heavy (non-hydrogen) atoms. The van der Waals surface area contributed by atoms with Crippen molar-refractivity contribution in [1.82, 2.24) is 14.7 Å². The molecular weight excluding hydrogens is 316 g/mol. The van der Waals surface area contributed by atoms with Crippen LogP contribution in [0.3, 0.4) is 0 Å². The second-order valence-electron chi connectivity index (χ2n) is 7.49. The van der Waals surface area contributed by atoms with Gasteiger partial charge in [0, 0.05) is 43.0 Å². The Bertz CT molecular complexity index is 738. The highest BCUT2D eigenvalue weighted by Gasteiger charge is 2.27. The number of nitrogens with one attached hydrogen (secondary N) is 1. The molecule has 2 heterocycles. The molecule has 1 saturated heterocycles. The van der Waals surface area contributed by atoms with Crippen LogP contribution in [-0.4, -0.2) is 46.5 Å². The number of nitrogens with zero attached hydrogens (tertiary/aromatic N) is 3. The lowest BCUT2D eigenvalue weighted by molar-refractivity contribution is 0.0440. The number of rotatable bonds is 5. The molecule has 1 aromatic heterocycles. The predicted molar refractivity (Wildman–Crippen MR) is 99.9 cm³/mol. The van der Waals surface area contributed by atoms with Crippen molar-refractivity contribution in [3.63, 3.8) is 0 Å². The van der Waals surface area contributed by atoms with Crippen LogP contribution in [-0.2, 0) is 4.74 Å². The van der Waals surface area contributed by atoms with E-state index in [-0.39, 0.29) is 12.1 Å². The third-order valence-corrected chi connectivity index (χ3v) is 4.40. The molecule has 6 nitrogen and oxygen atoms in total. The summed E-state index contributed by atoms with van der Waals surface area (Å²) in [5, 5.41) is 8.56. The van der Waals surface area contributed by atoms with Gasteiger partial charge in [-0.2, -0.15) is 5.10 Å². The largest absolute Gasteiger partial charge is 0.376 e. The number of fused-ring (bicyclic) bond motifs is 1. The summed E-state index contributed by atoms with van der Waals surface area (Å²) in [5.41, 5.74) is 1.74. The van der Waals surface area contributed by atoms with Crippen molar-refractivity contribution in [2.24, 2.45) is 5.92 Å². The summed E-state index contributed by atoms with van der Waals surface area (Å²) in [6.07, 6.45) is 3.07. The Morgan fingerprint density at radius 3 is 2.88 bits per heavy atom. The quantitative estimate of drug-likeness (QED) is 0.895. The van der Waals surface area contributed by atoms with Crippen LogP contribution < -0.4 is 5.32 Å². The number of hydrogen-bond acceptors (Lipinski definition) is 3. The van der Waals surface area contributed by atoms with E-state index in [9.17, 15) is 4.79 Å². The maximum absolute atomic E-state index is 12.5. The van der Waals surface area contributed by atoms with Crippen LogP contribution in [0.25, 0.3) is 10.9 Å². The first-order chi connectivity index (χ1) is 11.9. The Balaban J connectivity index is 1.60. The Kier molecular flexibility index (Phi) is 5.27. The first-order valence-corrected chi connectivity index (χ1v) is 9.09. The van der Waals surface area contributed by atoms with Gasteiger partial charge in [0.25, 0.3) is 0 Å². The number of carbonyl (C=O) groups is 1. The second-order valence-corrected chi connectivity index (χ2v) is 7.49. The zero-order chi connectivity index (χ0) is 18.0. The first-order valence-electron chi connectivity index (χ1n) is 9.09. The maximum Gasteiger partial charge on any atom is 0.321 e. The summed E-state index contributed by atoms with van der Waals surface area (Å²) >= 11 is 0. The van der Waals surface area contributed by atoms with Crippen LogP contribution in [0.1, 0.15) is 40.2 Å². The molecule has 3 rings (SSSR count). The zero-order valence-electron chi connectivity index (χ0n) is 15.5. The zero-order valence-corrected chi connectivity index (χ0v) is 15.5. The van der Waals surface area contributed by atoms with Gasteiger partial charge in [-0.3, -0.25) is 4.68 Å². The molecule has 1 aliphatic heterocycles. The summed E-state index contributed by atoms with van der Waals surface area (Å²) in [6.45, 7) is 10.6. The average molecular weight is 344 g/mol. The van der Waals surface area contributed by atoms with E-state index in [0.29, 0.717) is 18.5 Å². The van der Waals surface area contributed by atoms with Gasteiger partial charge in [0.2, 0.25) is 0 Å². The predicted octanol–water partition coefficient (Wildman–Crippen LogP) is 3.90. The van der Waals surface area contributed by atoms with E-state index in [0.717, 1.165) is 36.2 Å². The highest BCUT2D eigenvalue weighted by Crippen LogP contribution is 2.21. The van der Waals surface area contributed by atoms with E-state index in [1.807, 2.05) is 34.0 Å². The van der Waals surface area contributed by atoms with Gasteiger partial charge in [0.1, 0.15) is 0 Å². The normalized spacial score (nSPS) is 17.8. The lowest BCUT2D eigenvalue weighted by Gasteiger charge is -2.18. The van der Waals surface area contributed by atoms with Gasteiger partial charge in [0.15, 0.2) is 0 Å². The number of likely N-dealkylation sites (tertiary alicyclic amines) is 1. The molecule has 0 spiro atoms. The number of amides is 2. The van der Waals surface area contributed by atoms with Gasteiger partial charge in [-0.15, -0.1) is 0 Å². The van der Waals surface area contributed by atoms with Crippen molar-refractivity contribution >= 4 is 22.6 Å². The lowest BCUT2D eigenvalue weighted by atomic mass is 10.2. The fourth-order valence-electron chi connectivity index (χ4n) is 2.97. The van der Waals surface area contributed by atoms with Crippen LogP contribution >= 0.6 is 0 Å². The van der Waals surface area contributed by atoms with Crippen molar-refractivity contribution < 1.29 is 9.53 Å². The number of benzene rings is 1. The Morgan fingerprint density at radius 1 is 1.36 bits per heavy atom. The molecule has 1 unspecified atom stereocenters. The monoisotopic (exact) mass is 344 g/mol. The summed E-state index contributed by atoms with van der Waals surface area (Å²) in [5.74, 6) is 0.515. The highest BCUT2D eigenvalue weighted by atomic mass is 16.5. The molecule has 1 fully saturated rings. The van der Waals surface area contributed by atoms with Crippen LogP contribution in [0.5, 0.6) is 0 Å². The first kappa shape index (κ1) is 17.7. The van der Waals surface area contributed by atoms with Crippen molar-refractivity contribution in [1.29, 1.82) is 0 Å². The van der Waals surface area contributed by atoms with Crippen LogP contribution in [0.2, 0.25) is 0 Å². The molecule has 0 bridgehead atoms. The fourth-order valence-corrected chi connectivity index (χ4v) is 2.97. The number of urea groups is 1. The van der Waals surface area contributed by atoms with E-state index in [4.69, 9.17) is 4.74 Å². The summed E-state index contributed by atoms with van der Waals surface area (Å²) in [6, 6.07) is 6.08. The molecule has 2 aromatic rings. The van der Waals surface area contributed by atoms with Crippen molar-refractivity contribution in [3.05, 3.63) is 24.4 Å². The number of anilines is 1. The third-order valence-electron chi connectivity index (χ3n) is 4.40. The second kappa shape index (κ2) is 7.44. The van der Waals surface area contributed by atoms with E-state index >= 15 is 0 Å². The number of aromatic nitrogens is 2. The maximum atomic E-state index is 12.5. The van der Waals surface area contributed by atoms with E-state index in [1.54, 1.807) is 0 Å². The number of hydrogen-bond donors (Lipinski definition) is 1. The van der Waals surface area contributed by atoms with Gasteiger partial charge in [0.05, 0.1) is 11.6 Å². The molecular formula is C19H28N4O2. The third kappa shape index (κ3) is 4.31. The number of carbonyl (C=O) groups excluding carboxylic acids is 1. The Hall–Kier alpha value is -2.08. The average Bonchev–Trinajstić information content (AvgIpc) is 3.19. The summed E-state index contributed by atoms with van der Waals surface area (Å²) in [4.78, 5) is 14.3. The number of ether oxygens (including phenoxy) is 1. The minimum absolute atomic E-state index is 0.0637. The van der Waals surface area contributed by atoms with Crippen molar-refractivity contribution in [2.45, 2.75) is 46.3 Å². The molecule has 2 amide bonds. The Labute approximate surface area is 149 Å². The molecule has 0 radical (unpaired) electrons. The summed E-state index contributed by atoms with van der Waals surface area (Å²) < 4.78 is 7.78. The van der Waals surface area contributed by atoms with Crippen LogP contribution in [0.4, 0.5) is 10.5 Å². The van der Waals surface area contributed by atoms with Crippen LogP contribution in [0, 0.1) is 5.92 Å². The Morgan fingerprint density at radius 2 is 2.16 bits per heavy atom. The molecule has 1 N–H and O–H groups in total. The SMILES string of the molecule is CC(C)COC1CCN(C(=O)Nc2ccc3nn(C(C)C)cc3c2)C1. The fraction of sp³-hybridized carbons (Fsp3) is 0.579. The minimum atomic E-state index is -0.0637. The highest BCUT2D eigenvalue weighted by molar-refractivity contribution is 5.92. The summed E-state index contributed by atoms with van der Waals surface area (Å²) in [7, 11) is 0. The van der Waals surface area contributed by atoms with Gasteiger partial charge < -0.3 is 15.0 Å². The molecule has 1 aromatic carbocycles. The van der Waals surface area contributed by atoms with Crippen LogP contribution in [0.15, 0.2) is 24.4 Å². The van der Waals surface area contributed by atoms with Crippen molar-refractivity contribution in [3.8, 4) is 0 Å². The molecule has 136 valence electrons. The molecule has 6 heteroatoms. The van der Waals surface area contributed by atoms with E-state index < -0.39 is 0 Å². The van der Waals surface area contributed by atoms with Gasteiger partial charge >= 0.3 is 6.03 Å². The molecule has 0 saturated carbocycles. The minimum Gasteiger partial charge on any atom is -0.376 e. The van der Waals surface area contributed by atoms with Gasteiger partial charge in [-0.05, 0) is 44.4 Å². The van der Waals surface area contributed by atoms with E-state index in [1.165, 1.54) is 0 Å². The standard InChI is InChI=1S/C19H28N4O2/c1-13(2)12-25-17-7-8-22(11-17)19(24)20-16-5-6-18-15(9-16)10-23(21-18)14(3)4/h5-6,9-10,13-14,17H,7-8,11-12H2,1-4H3,(H,20,24).